The number of pyridine rings is 1. The topological polar surface area (TPSA) is 117 Å². The molecule has 0 saturated carbocycles. The van der Waals surface area contributed by atoms with Gasteiger partial charge in [-0.25, -0.2) is 9.50 Å². The summed E-state index contributed by atoms with van der Waals surface area (Å²) in [5.74, 6) is 1.31. The van der Waals surface area contributed by atoms with Crippen LogP contribution in [-0.4, -0.2) is 91.3 Å². The second-order valence-electron chi connectivity index (χ2n) is 10.0. The predicted molar refractivity (Wildman–Crippen MR) is 139 cm³/mol. The van der Waals surface area contributed by atoms with E-state index in [9.17, 15) is 4.79 Å². The van der Waals surface area contributed by atoms with Crippen LogP contribution in [0.5, 0.6) is 5.75 Å². The van der Waals surface area contributed by atoms with Crippen molar-refractivity contribution in [2.75, 3.05) is 40.8 Å². The Morgan fingerprint density at radius 3 is 2.62 bits per heavy atom. The Kier molecular flexibility index (Phi) is 6.88. The maximum Gasteiger partial charge on any atom is 0.236 e. The zero-order chi connectivity index (χ0) is 26.1. The van der Waals surface area contributed by atoms with Crippen LogP contribution in [0.25, 0.3) is 28.3 Å². The monoisotopic (exact) mass is 503 g/mol. The molecule has 0 aliphatic carbocycles. The SMILES string of the molecule is COc1cc(-c2n[nH]c(-c3cnc(C4CCN(CC(=O)N(C)C)CC4)cn3)c2C(C)C)cn2ncnc12. The number of carbonyl (C=O) groups is 1. The number of hydrogen-bond donors (Lipinski definition) is 1. The highest BCUT2D eigenvalue weighted by Crippen LogP contribution is 2.36. The van der Waals surface area contributed by atoms with Gasteiger partial charge in [-0.05, 0) is 37.9 Å². The van der Waals surface area contributed by atoms with Crippen molar-refractivity contribution in [3.8, 4) is 28.4 Å². The van der Waals surface area contributed by atoms with E-state index in [-0.39, 0.29) is 11.8 Å². The highest BCUT2D eigenvalue weighted by molar-refractivity contribution is 5.77. The van der Waals surface area contributed by atoms with E-state index >= 15 is 0 Å². The summed E-state index contributed by atoms with van der Waals surface area (Å²) in [6.07, 6.45) is 9.06. The Morgan fingerprint density at radius 1 is 1.19 bits per heavy atom. The van der Waals surface area contributed by atoms with Gasteiger partial charge in [0.05, 0.1) is 36.9 Å². The summed E-state index contributed by atoms with van der Waals surface area (Å²) >= 11 is 0. The molecule has 0 atom stereocenters. The average Bonchev–Trinajstić information content (AvgIpc) is 3.56. The van der Waals surface area contributed by atoms with E-state index in [1.165, 1.54) is 6.33 Å². The first-order chi connectivity index (χ1) is 17.9. The fourth-order valence-electron chi connectivity index (χ4n) is 4.90. The standard InChI is InChI=1S/C26H33N9O2/c1-16(2)23-24(18-10-21(37-5)26-29-15-30-35(26)13-18)31-32-25(23)20-12-27-19(11-28-20)17-6-8-34(9-7-17)14-22(36)33(3)4/h10-13,15-17H,6-9,14H2,1-5H3,(H,31,32). The number of aromatic nitrogens is 7. The van der Waals surface area contributed by atoms with Crippen molar-refractivity contribution >= 4 is 11.6 Å². The molecule has 37 heavy (non-hydrogen) atoms. The number of piperidine rings is 1. The molecule has 4 aromatic heterocycles. The second kappa shape index (κ2) is 10.3. The molecule has 5 heterocycles. The smallest absolute Gasteiger partial charge is 0.236 e. The summed E-state index contributed by atoms with van der Waals surface area (Å²) in [6.45, 7) is 6.52. The van der Waals surface area contributed by atoms with Crippen LogP contribution >= 0.6 is 0 Å². The number of rotatable bonds is 7. The minimum atomic E-state index is 0.141. The molecule has 0 aromatic carbocycles. The maximum atomic E-state index is 12.0. The molecule has 0 unspecified atom stereocenters. The van der Waals surface area contributed by atoms with Gasteiger partial charge < -0.3 is 9.64 Å². The number of H-pyrrole nitrogens is 1. The third-order valence-corrected chi connectivity index (χ3v) is 7.01. The number of hydrogen-bond acceptors (Lipinski definition) is 8. The molecule has 1 aliphatic heterocycles. The molecule has 0 radical (unpaired) electrons. The molecule has 1 aliphatic rings. The van der Waals surface area contributed by atoms with Crippen LogP contribution in [0, 0.1) is 0 Å². The summed E-state index contributed by atoms with van der Waals surface area (Å²) in [4.78, 5) is 29.7. The molecular formula is C26H33N9O2. The quantitative estimate of drug-likeness (QED) is 0.409. The Bertz CT molecular complexity index is 1380. The van der Waals surface area contributed by atoms with E-state index in [0.717, 1.165) is 59.8 Å². The van der Waals surface area contributed by atoms with Gasteiger partial charge in [-0.2, -0.15) is 10.2 Å². The zero-order valence-corrected chi connectivity index (χ0v) is 22.0. The lowest BCUT2D eigenvalue weighted by atomic mass is 9.93. The first-order valence-corrected chi connectivity index (χ1v) is 12.6. The zero-order valence-electron chi connectivity index (χ0n) is 22.0. The van der Waals surface area contributed by atoms with Crippen molar-refractivity contribution in [2.45, 2.75) is 38.5 Å². The van der Waals surface area contributed by atoms with Crippen LogP contribution in [0.3, 0.4) is 0 Å². The van der Waals surface area contributed by atoms with Crippen molar-refractivity contribution in [1.82, 2.24) is 44.6 Å². The van der Waals surface area contributed by atoms with Gasteiger partial charge in [0.15, 0.2) is 11.4 Å². The average molecular weight is 504 g/mol. The fourth-order valence-corrected chi connectivity index (χ4v) is 4.90. The van der Waals surface area contributed by atoms with Crippen LogP contribution in [0.4, 0.5) is 0 Å². The summed E-state index contributed by atoms with van der Waals surface area (Å²) in [7, 11) is 5.22. The molecule has 1 amide bonds. The van der Waals surface area contributed by atoms with Crippen molar-refractivity contribution in [3.63, 3.8) is 0 Å². The molecule has 0 spiro atoms. The minimum Gasteiger partial charge on any atom is -0.493 e. The Hall–Kier alpha value is -3.86. The van der Waals surface area contributed by atoms with Crippen LogP contribution in [0.2, 0.25) is 0 Å². The lowest BCUT2D eigenvalue weighted by Gasteiger charge is -2.31. The number of likely N-dealkylation sites (N-methyl/N-ethyl adjacent to an activating group) is 1. The van der Waals surface area contributed by atoms with Gasteiger partial charge >= 0.3 is 0 Å². The van der Waals surface area contributed by atoms with Crippen molar-refractivity contribution < 1.29 is 9.53 Å². The normalized spacial score (nSPS) is 15.0. The Morgan fingerprint density at radius 2 is 1.97 bits per heavy atom. The summed E-state index contributed by atoms with van der Waals surface area (Å²) < 4.78 is 7.24. The molecule has 11 heteroatoms. The van der Waals surface area contributed by atoms with E-state index in [1.807, 2.05) is 24.7 Å². The van der Waals surface area contributed by atoms with Crippen LogP contribution in [-0.2, 0) is 4.79 Å². The van der Waals surface area contributed by atoms with Gasteiger partial charge in [-0.1, -0.05) is 13.8 Å². The number of aromatic amines is 1. The Balaban J connectivity index is 1.37. The maximum absolute atomic E-state index is 12.0. The molecule has 4 aromatic rings. The first kappa shape index (κ1) is 24.8. The second-order valence-corrected chi connectivity index (χ2v) is 10.0. The lowest BCUT2D eigenvalue weighted by Crippen LogP contribution is -2.40. The van der Waals surface area contributed by atoms with Gasteiger partial charge in [0.1, 0.15) is 12.0 Å². The number of carbonyl (C=O) groups excluding carboxylic acids is 1. The highest BCUT2D eigenvalue weighted by Gasteiger charge is 2.25. The van der Waals surface area contributed by atoms with E-state index in [0.29, 0.717) is 23.9 Å². The molecule has 1 saturated heterocycles. The van der Waals surface area contributed by atoms with E-state index < -0.39 is 0 Å². The van der Waals surface area contributed by atoms with Gasteiger partial charge in [-0.3, -0.25) is 24.8 Å². The number of ether oxygens (including phenoxy) is 1. The van der Waals surface area contributed by atoms with Gasteiger partial charge in [0.2, 0.25) is 5.91 Å². The highest BCUT2D eigenvalue weighted by atomic mass is 16.5. The minimum absolute atomic E-state index is 0.141. The third-order valence-electron chi connectivity index (χ3n) is 7.01. The number of nitrogens with one attached hydrogen (secondary N) is 1. The molecule has 11 nitrogen and oxygen atoms in total. The Labute approximate surface area is 215 Å². The van der Waals surface area contributed by atoms with Crippen LogP contribution in [0.15, 0.2) is 31.0 Å². The van der Waals surface area contributed by atoms with E-state index in [2.05, 4.69) is 39.0 Å². The number of likely N-dealkylation sites (tertiary alicyclic amines) is 1. The summed E-state index contributed by atoms with van der Waals surface area (Å²) in [6, 6.07) is 1.93. The van der Waals surface area contributed by atoms with Crippen molar-refractivity contribution in [1.29, 1.82) is 0 Å². The van der Waals surface area contributed by atoms with Crippen molar-refractivity contribution in [2.24, 2.45) is 0 Å². The summed E-state index contributed by atoms with van der Waals surface area (Å²) in [5, 5.41) is 12.1. The third kappa shape index (κ3) is 4.91. The molecule has 5 rings (SSSR count). The van der Waals surface area contributed by atoms with Gasteiger partial charge in [0.25, 0.3) is 0 Å². The number of amides is 1. The first-order valence-electron chi connectivity index (χ1n) is 12.6. The molecule has 194 valence electrons. The number of nitrogens with zero attached hydrogens (tertiary/aromatic N) is 8. The van der Waals surface area contributed by atoms with Crippen LogP contribution < -0.4 is 4.74 Å². The molecular weight excluding hydrogens is 470 g/mol. The van der Waals surface area contributed by atoms with Crippen molar-refractivity contribution in [3.05, 3.63) is 42.2 Å². The van der Waals surface area contributed by atoms with Crippen LogP contribution in [0.1, 0.15) is 49.8 Å². The van der Waals surface area contributed by atoms with Gasteiger partial charge in [0, 0.05) is 43.5 Å². The number of methoxy groups -OCH3 is 1. The predicted octanol–water partition coefficient (Wildman–Crippen LogP) is 2.98. The van der Waals surface area contributed by atoms with Gasteiger partial charge in [-0.15, -0.1) is 0 Å². The largest absolute Gasteiger partial charge is 0.493 e. The van der Waals surface area contributed by atoms with E-state index in [1.54, 1.807) is 30.6 Å². The molecule has 1 fully saturated rings. The lowest BCUT2D eigenvalue weighted by molar-refractivity contribution is -0.130. The molecule has 1 N–H and O–H groups in total. The van der Waals surface area contributed by atoms with E-state index in [4.69, 9.17) is 14.7 Å². The number of fused-ring (bicyclic) bond motifs is 1. The summed E-state index contributed by atoms with van der Waals surface area (Å²) in [5.41, 5.74) is 6.03. The molecule has 0 bridgehead atoms. The fraction of sp³-hybridized carbons (Fsp3) is 0.462.